The van der Waals surface area contributed by atoms with Crippen molar-refractivity contribution in [2.24, 2.45) is 5.73 Å². The number of carbonyl (C=O) groups is 4. The first-order chi connectivity index (χ1) is 13.0. The van der Waals surface area contributed by atoms with Gasteiger partial charge in [-0.3, -0.25) is 29.4 Å². The lowest BCUT2D eigenvalue weighted by Gasteiger charge is -2.27. The van der Waals surface area contributed by atoms with Gasteiger partial charge < -0.3 is 5.73 Å². The molecule has 0 saturated carbocycles. The van der Waals surface area contributed by atoms with Crippen molar-refractivity contribution in [1.29, 1.82) is 0 Å². The minimum absolute atomic E-state index is 0.124. The third kappa shape index (κ3) is 3.93. The van der Waals surface area contributed by atoms with Crippen LogP contribution in [-0.2, 0) is 16.0 Å². The molecule has 0 radical (unpaired) electrons. The fourth-order valence-electron chi connectivity index (χ4n) is 3.78. The van der Waals surface area contributed by atoms with Crippen molar-refractivity contribution in [2.75, 3.05) is 6.54 Å². The van der Waals surface area contributed by atoms with E-state index in [1.54, 1.807) is 12.1 Å². The standard InChI is InChI=1S/C20H25N3O4/c21-12-5-3-1-2-4-7-13-8-6-9-14-17(13)20(27)23(19(14)26)15-10-11-16(24)22-18(15)25/h6,8-9,15H,1-5,7,10-12,21H2,(H,22,24,25). The average Bonchev–Trinajstić information content (AvgIpc) is 2.90. The second kappa shape index (κ2) is 8.43. The summed E-state index contributed by atoms with van der Waals surface area (Å²) in [4.78, 5) is 50.2. The zero-order chi connectivity index (χ0) is 19.4. The molecule has 144 valence electrons. The highest BCUT2D eigenvalue weighted by atomic mass is 16.2. The van der Waals surface area contributed by atoms with Crippen molar-refractivity contribution in [3.63, 3.8) is 0 Å². The van der Waals surface area contributed by atoms with Crippen LogP contribution in [0, 0.1) is 0 Å². The molecule has 7 nitrogen and oxygen atoms in total. The maximum atomic E-state index is 13.0. The topological polar surface area (TPSA) is 110 Å². The molecule has 1 atom stereocenters. The van der Waals surface area contributed by atoms with Crippen LogP contribution in [0.25, 0.3) is 0 Å². The Morgan fingerprint density at radius 1 is 1.00 bits per heavy atom. The average molecular weight is 371 g/mol. The Morgan fingerprint density at radius 2 is 1.74 bits per heavy atom. The molecule has 27 heavy (non-hydrogen) atoms. The van der Waals surface area contributed by atoms with Gasteiger partial charge in [0.2, 0.25) is 11.8 Å². The third-order valence-electron chi connectivity index (χ3n) is 5.20. The Balaban J connectivity index is 1.72. The zero-order valence-electron chi connectivity index (χ0n) is 15.3. The minimum atomic E-state index is -0.917. The molecule has 0 spiro atoms. The van der Waals surface area contributed by atoms with Gasteiger partial charge in [-0.05, 0) is 43.9 Å². The van der Waals surface area contributed by atoms with Gasteiger partial charge in [0, 0.05) is 6.42 Å². The van der Waals surface area contributed by atoms with Gasteiger partial charge in [0.25, 0.3) is 11.8 Å². The van der Waals surface area contributed by atoms with Crippen LogP contribution in [0.15, 0.2) is 18.2 Å². The van der Waals surface area contributed by atoms with Gasteiger partial charge in [-0.2, -0.15) is 0 Å². The van der Waals surface area contributed by atoms with Crippen LogP contribution in [0.2, 0.25) is 0 Å². The van der Waals surface area contributed by atoms with E-state index in [4.69, 9.17) is 5.73 Å². The fourth-order valence-corrected chi connectivity index (χ4v) is 3.78. The molecule has 2 aliphatic heterocycles. The molecule has 1 aromatic carbocycles. The number of unbranched alkanes of at least 4 members (excludes halogenated alkanes) is 4. The number of nitrogens with one attached hydrogen (secondary N) is 1. The summed E-state index contributed by atoms with van der Waals surface area (Å²) in [7, 11) is 0. The lowest BCUT2D eigenvalue weighted by Crippen LogP contribution is -2.54. The van der Waals surface area contributed by atoms with E-state index in [1.807, 2.05) is 6.07 Å². The SMILES string of the molecule is NCCCCCCCc1cccc2c1C(=O)N(C1CCC(=O)NC1=O)C2=O. The number of rotatable bonds is 8. The Labute approximate surface area is 158 Å². The van der Waals surface area contributed by atoms with Gasteiger partial charge in [-0.1, -0.05) is 31.4 Å². The first-order valence-corrected chi connectivity index (χ1v) is 9.58. The molecule has 1 aromatic rings. The molecule has 2 heterocycles. The number of carbonyl (C=O) groups excluding carboxylic acids is 4. The van der Waals surface area contributed by atoms with Gasteiger partial charge in [-0.15, -0.1) is 0 Å². The maximum Gasteiger partial charge on any atom is 0.262 e. The van der Waals surface area contributed by atoms with E-state index in [0.29, 0.717) is 24.1 Å². The number of hydrogen-bond donors (Lipinski definition) is 2. The Kier molecular flexibility index (Phi) is 6.01. The molecule has 0 bridgehead atoms. The van der Waals surface area contributed by atoms with Crippen molar-refractivity contribution in [3.05, 3.63) is 34.9 Å². The number of benzene rings is 1. The Bertz CT molecular complexity index is 774. The molecule has 1 saturated heterocycles. The van der Waals surface area contributed by atoms with E-state index in [1.165, 1.54) is 0 Å². The molecular weight excluding hydrogens is 346 g/mol. The minimum Gasteiger partial charge on any atom is -0.330 e. The molecule has 7 heteroatoms. The van der Waals surface area contributed by atoms with E-state index < -0.39 is 23.8 Å². The summed E-state index contributed by atoms with van der Waals surface area (Å²) < 4.78 is 0. The van der Waals surface area contributed by atoms with E-state index >= 15 is 0 Å². The van der Waals surface area contributed by atoms with Crippen molar-refractivity contribution in [1.82, 2.24) is 10.2 Å². The van der Waals surface area contributed by atoms with Crippen LogP contribution in [0.4, 0.5) is 0 Å². The zero-order valence-corrected chi connectivity index (χ0v) is 15.3. The lowest BCUT2D eigenvalue weighted by molar-refractivity contribution is -0.136. The highest BCUT2D eigenvalue weighted by Gasteiger charge is 2.45. The fraction of sp³-hybridized carbons (Fsp3) is 0.500. The summed E-state index contributed by atoms with van der Waals surface area (Å²) >= 11 is 0. The van der Waals surface area contributed by atoms with Gasteiger partial charge in [0.1, 0.15) is 6.04 Å². The molecule has 0 aliphatic carbocycles. The number of nitrogens with two attached hydrogens (primary N) is 1. The Hall–Kier alpha value is -2.54. The number of amides is 4. The summed E-state index contributed by atoms with van der Waals surface area (Å²) in [5.41, 5.74) is 7.10. The largest absolute Gasteiger partial charge is 0.330 e. The summed E-state index contributed by atoms with van der Waals surface area (Å²) in [6.07, 6.45) is 6.21. The molecule has 3 rings (SSSR count). The molecule has 0 aromatic heterocycles. The number of fused-ring (bicyclic) bond motifs is 1. The van der Waals surface area contributed by atoms with E-state index in [9.17, 15) is 19.2 Å². The van der Waals surface area contributed by atoms with Crippen LogP contribution in [0.1, 0.15) is 71.2 Å². The number of nitrogens with zero attached hydrogens (tertiary/aromatic N) is 1. The Morgan fingerprint density at radius 3 is 2.48 bits per heavy atom. The van der Waals surface area contributed by atoms with Gasteiger partial charge in [0.05, 0.1) is 11.1 Å². The molecule has 1 fully saturated rings. The van der Waals surface area contributed by atoms with Gasteiger partial charge >= 0.3 is 0 Å². The predicted octanol–water partition coefficient (Wildman–Crippen LogP) is 1.54. The first-order valence-electron chi connectivity index (χ1n) is 9.58. The number of hydrogen-bond acceptors (Lipinski definition) is 5. The molecule has 4 amide bonds. The van der Waals surface area contributed by atoms with Crippen LogP contribution in [0.5, 0.6) is 0 Å². The van der Waals surface area contributed by atoms with Gasteiger partial charge in [0.15, 0.2) is 0 Å². The van der Waals surface area contributed by atoms with E-state index in [0.717, 1.165) is 42.6 Å². The predicted molar refractivity (Wildman–Crippen MR) is 99.0 cm³/mol. The summed E-state index contributed by atoms with van der Waals surface area (Å²) in [6, 6.07) is 4.37. The third-order valence-corrected chi connectivity index (χ3v) is 5.20. The number of piperidine rings is 1. The monoisotopic (exact) mass is 371 g/mol. The molecule has 2 aliphatic rings. The second-order valence-corrected chi connectivity index (χ2v) is 7.09. The van der Waals surface area contributed by atoms with Crippen molar-refractivity contribution >= 4 is 23.6 Å². The highest BCUT2D eigenvalue weighted by molar-refractivity contribution is 6.24. The lowest BCUT2D eigenvalue weighted by atomic mass is 9.97. The van der Waals surface area contributed by atoms with Crippen molar-refractivity contribution in [3.8, 4) is 0 Å². The van der Waals surface area contributed by atoms with E-state index in [2.05, 4.69) is 5.32 Å². The summed E-state index contributed by atoms with van der Waals surface area (Å²) in [6.45, 7) is 0.707. The van der Waals surface area contributed by atoms with Crippen molar-refractivity contribution in [2.45, 2.75) is 57.4 Å². The highest BCUT2D eigenvalue weighted by Crippen LogP contribution is 2.30. The maximum absolute atomic E-state index is 13.0. The molecule has 3 N–H and O–H groups in total. The van der Waals surface area contributed by atoms with Crippen LogP contribution < -0.4 is 11.1 Å². The number of aryl methyl sites for hydroxylation is 1. The van der Waals surface area contributed by atoms with Crippen LogP contribution in [-0.4, -0.2) is 41.1 Å². The normalized spacial score (nSPS) is 19.4. The summed E-state index contributed by atoms with van der Waals surface area (Å²) in [5, 5.41) is 2.21. The quantitative estimate of drug-likeness (QED) is 0.532. The summed E-state index contributed by atoms with van der Waals surface area (Å²) in [5.74, 6) is -1.83. The van der Waals surface area contributed by atoms with Gasteiger partial charge in [-0.25, -0.2) is 0 Å². The first kappa shape index (κ1) is 19.2. The molecule has 1 unspecified atom stereocenters. The molecular formula is C20H25N3O4. The van der Waals surface area contributed by atoms with E-state index in [-0.39, 0.29) is 18.7 Å². The second-order valence-electron chi connectivity index (χ2n) is 7.09. The van der Waals surface area contributed by atoms with Crippen LogP contribution in [0.3, 0.4) is 0 Å². The number of imide groups is 2. The smallest absolute Gasteiger partial charge is 0.262 e. The van der Waals surface area contributed by atoms with Crippen molar-refractivity contribution < 1.29 is 19.2 Å². The van der Waals surface area contributed by atoms with Crippen LogP contribution >= 0.6 is 0 Å².